The molecule has 1 atom stereocenters. The Morgan fingerprint density at radius 1 is 1.15 bits per heavy atom. The first-order chi connectivity index (χ1) is 13.2. The van der Waals surface area contributed by atoms with Gasteiger partial charge in [-0.1, -0.05) is 48.0 Å². The summed E-state index contributed by atoms with van der Waals surface area (Å²) in [6.07, 6.45) is 2.83. The molecular weight excluding hydrogens is 360 g/mol. The molecule has 0 amide bonds. The Labute approximate surface area is 165 Å². The third kappa shape index (κ3) is 5.71. The van der Waals surface area contributed by atoms with E-state index in [9.17, 15) is 10.4 Å². The van der Waals surface area contributed by atoms with Crippen molar-refractivity contribution in [1.82, 2.24) is 4.90 Å². The fraction of sp³-hybridized carbons (Fsp3) is 0.409. The van der Waals surface area contributed by atoms with Gasteiger partial charge in [0.15, 0.2) is 0 Å². The molecule has 0 aliphatic carbocycles. The van der Waals surface area contributed by atoms with Gasteiger partial charge < -0.3 is 14.7 Å². The molecule has 0 aromatic heterocycles. The van der Waals surface area contributed by atoms with E-state index in [1.165, 1.54) is 5.56 Å². The fourth-order valence-electron chi connectivity index (χ4n) is 3.59. The number of piperidine rings is 1. The van der Waals surface area contributed by atoms with Crippen LogP contribution in [0.15, 0.2) is 48.5 Å². The normalized spacial score (nSPS) is 16.6. The molecule has 1 aliphatic heterocycles. The van der Waals surface area contributed by atoms with E-state index in [1.807, 2.05) is 6.07 Å². The lowest BCUT2D eigenvalue weighted by Gasteiger charge is -2.33. The van der Waals surface area contributed by atoms with Crippen molar-refractivity contribution in [1.29, 1.82) is 5.26 Å². The third-order valence-electron chi connectivity index (χ3n) is 5.06. The van der Waals surface area contributed by atoms with Gasteiger partial charge in [0, 0.05) is 6.54 Å². The maximum absolute atomic E-state index is 10.3. The quantitative estimate of drug-likeness (QED) is 0.786. The number of likely N-dealkylation sites (tertiary alicyclic amines) is 1. The number of hydrogen-bond donors (Lipinski definition) is 1. The van der Waals surface area contributed by atoms with Crippen molar-refractivity contribution < 1.29 is 9.84 Å². The van der Waals surface area contributed by atoms with Crippen LogP contribution in [0, 0.1) is 17.2 Å². The number of ether oxygens (including phenoxy) is 1. The highest BCUT2D eigenvalue weighted by molar-refractivity contribution is 6.31. The fourth-order valence-corrected chi connectivity index (χ4v) is 3.80. The zero-order valence-electron chi connectivity index (χ0n) is 15.4. The summed E-state index contributed by atoms with van der Waals surface area (Å²) in [7, 11) is 0. The molecule has 1 aliphatic rings. The van der Waals surface area contributed by atoms with Gasteiger partial charge in [-0.05, 0) is 56.0 Å². The molecule has 0 saturated carbocycles. The molecule has 1 N–H and O–H groups in total. The molecule has 0 bridgehead atoms. The minimum atomic E-state index is -0.596. The molecule has 3 rings (SSSR count). The minimum absolute atomic E-state index is 0.152. The van der Waals surface area contributed by atoms with Gasteiger partial charge in [-0.25, -0.2) is 0 Å². The van der Waals surface area contributed by atoms with Gasteiger partial charge in [0.05, 0.1) is 5.02 Å². The summed E-state index contributed by atoms with van der Waals surface area (Å²) >= 11 is 6.00. The van der Waals surface area contributed by atoms with Crippen molar-refractivity contribution in [2.75, 3.05) is 26.2 Å². The van der Waals surface area contributed by atoms with Gasteiger partial charge in [0.1, 0.15) is 30.1 Å². The van der Waals surface area contributed by atoms with Gasteiger partial charge in [-0.2, -0.15) is 5.26 Å². The second-order valence-corrected chi connectivity index (χ2v) is 7.53. The molecule has 0 radical (unpaired) electrons. The van der Waals surface area contributed by atoms with Gasteiger partial charge in [0.25, 0.3) is 0 Å². The van der Waals surface area contributed by atoms with E-state index in [1.54, 1.807) is 18.2 Å². The third-order valence-corrected chi connectivity index (χ3v) is 5.38. The minimum Gasteiger partial charge on any atom is -0.489 e. The smallest absolute Gasteiger partial charge is 0.138 e. The number of nitriles is 1. The van der Waals surface area contributed by atoms with Crippen molar-refractivity contribution in [3.05, 3.63) is 64.7 Å². The van der Waals surface area contributed by atoms with E-state index in [0.29, 0.717) is 28.8 Å². The number of rotatable bonds is 7. The van der Waals surface area contributed by atoms with Crippen LogP contribution in [0.1, 0.15) is 24.0 Å². The molecule has 0 spiro atoms. The van der Waals surface area contributed by atoms with Gasteiger partial charge >= 0.3 is 0 Å². The molecule has 1 fully saturated rings. The van der Waals surface area contributed by atoms with E-state index in [4.69, 9.17) is 16.3 Å². The predicted molar refractivity (Wildman–Crippen MR) is 107 cm³/mol. The van der Waals surface area contributed by atoms with E-state index < -0.39 is 6.10 Å². The van der Waals surface area contributed by atoms with Crippen LogP contribution in [0.3, 0.4) is 0 Å². The molecule has 142 valence electrons. The Balaban J connectivity index is 1.41. The maximum Gasteiger partial charge on any atom is 0.138 e. The lowest BCUT2D eigenvalue weighted by atomic mass is 9.90. The van der Waals surface area contributed by atoms with Crippen LogP contribution in [-0.4, -0.2) is 42.4 Å². The summed E-state index contributed by atoms with van der Waals surface area (Å²) in [5.74, 6) is 1.13. The van der Waals surface area contributed by atoms with Crippen LogP contribution >= 0.6 is 11.6 Å². The number of halogens is 1. The van der Waals surface area contributed by atoms with E-state index in [0.717, 1.165) is 32.4 Å². The predicted octanol–water partition coefficient (Wildman–Crippen LogP) is 3.91. The van der Waals surface area contributed by atoms with Gasteiger partial charge in [0.2, 0.25) is 0 Å². The number of benzene rings is 2. The first kappa shape index (κ1) is 19.7. The Bertz CT molecular complexity index is 768. The number of aliphatic hydroxyl groups is 1. The highest BCUT2D eigenvalue weighted by Gasteiger charge is 2.21. The summed E-state index contributed by atoms with van der Waals surface area (Å²) < 4.78 is 5.63. The molecule has 27 heavy (non-hydrogen) atoms. The van der Waals surface area contributed by atoms with Crippen LogP contribution in [-0.2, 0) is 6.42 Å². The van der Waals surface area contributed by atoms with E-state index in [-0.39, 0.29) is 6.61 Å². The SMILES string of the molecule is N#Cc1c(Cl)cccc1OCC(O)CN1CCC(Cc2ccccc2)CC1. The number of aliphatic hydroxyl groups excluding tert-OH is 1. The van der Waals surface area contributed by atoms with Crippen molar-refractivity contribution >= 4 is 11.6 Å². The van der Waals surface area contributed by atoms with Crippen LogP contribution < -0.4 is 4.74 Å². The molecular formula is C22H25ClN2O2. The monoisotopic (exact) mass is 384 g/mol. The van der Waals surface area contributed by atoms with Gasteiger partial charge in [-0.15, -0.1) is 0 Å². The molecule has 1 heterocycles. The topological polar surface area (TPSA) is 56.5 Å². The number of β-amino-alcohol motifs (C(OH)–C–C–N with tert-alkyl or cyclic N) is 1. The lowest BCUT2D eigenvalue weighted by molar-refractivity contribution is 0.0550. The standard InChI is InChI=1S/C22H25ClN2O2/c23-21-7-4-8-22(20(21)14-24)27-16-19(26)15-25-11-9-18(10-12-25)13-17-5-2-1-3-6-17/h1-8,18-19,26H,9-13,15-16H2. The lowest BCUT2D eigenvalue weighted by Crippen LogP contribution is -2.41. The van der Waals surface area contributed by atoms with Crippen LogP contribution in [0.2, 0.25) is 5.02 Å². The van der Waals surface area contributed by atoms with Crippen molar-refractivity contribution in [3.8, 4) is 11.8 Å². The molecule has 2 aromatic carbocycles. The zero-order valence-corrected chi connectivity index (χ0v) is 16.1. The number of nitrogens with zero attached hydrogens (tertiary/aromatic N) is 2. The molecule has 2 aromatic rings. The Hall–Kier alpha value is -2.06. The summed E-state index contributed by atoms with van der Waals surface area (Å²) in [6.45, 7) is 2.73. The van der Waals surface area contributed by atoms with Crippen LogP contribution in [0.4, 0.5) is 0 Å². The van der Waals surface area contributed by atoms with Crippen LogP contribution in [0.5, 0.6) is 5.75 Å². The second-order valence-electron chi connectivity index (χ2n) is 7.12. The summed E-state index contributed by atoms with van der Waals surface area (Å²) in [5.41, 5.74) is 1.72. The van der Waals surface area contributed by atoms with E-state index >= 15 is 0 Å². The average Bonchev–Trinajstić information content (AvgIpc) is 2.69. The molecule has 1 unspecified atom stereocenters. The number of hydrogen-bond acceptors (Lipinski definition) is 4. The summed E-state index contributed by atoms with van der Waals surface area (Å²) in [4.78, 5) is 2.29. The largest absolute Gasteiger partial charge is 0.489 e. The highest BCUT2D eigenvalue weighted by Crippen LogP contribution is 2.26. The summed E-state index contributed by atoms with van der Waals surface area (Å²) in [5, 5.41) is 19.9. The first-order valence-electron chi connectivity index (χ1n) is 9.41. The Morgan fingerprint density at radius 2 is 1.89 bits per heavy atom. The van der Waals surface area contributed by atoms with Crippen molar-refractivity contribution in [2.24, 2.45) is 5.92 Å². The Morgan fingerprint density at radius 3 is 2.59 bits per heavy atom. The molecule has 1 saturated heterocycles. The van der Waals surface area contributed by atoms with Crippen molar-refractivity contribution in [2.45, 2.75) is 25.4 Å². The molecule has 4 nitrogen and oxygen atoms in total. The van der Waals surface area contributed by atoms with Crippen LogP contribution in [0.25, 0.3) is 0 Å². The Kier molecular flexibility index (Phi) is 7.11. The highest BCUT2D eigenvalue weighted by atomic mass is 35.5. The van der Waals surface area contributed by atoms with Gasteiger partial charge in [-0.3, -0.25) is 0 Å². The van der Waals surface area contributed by atoms with Crippen molar-refractivity contribution in [3.63, 3.8) is 0 Å². The van der Waals surface area contributed by atoms with E-state index in [2.05, 4.69) is 35.2 Å². The average molecular weight is 385 g/mol. The maximum atomic E-state index is 10.3. The first-order valence-corrected chi connectivity index (χ1v) is 9.79. The second kappa shape index (κ2) is 9.75. The summed E-state index contributed by atoms with van der Waals surface area (Å²) in [6, 6.07) is 17.8. The molecule has 5 heteroatoms. The zero-order chi connectivity index (χ0) is 19.1.